The molecule has 8 heteroatoms. The Hall–Kier alpha value is -3.26. The Morgan fingerprint density at radius 2 is 2.03 bits per heavy atom. The van der Waals surface area contributed by atoms with Gasteiger partial charge in [0, 0.05) is 62.0 Å². The minimum Gasteiger partial charge on any atom is -0.381 e. The first-order valence-corrected chi connectivity index (χ1v) is 12.3. The van der Waals surface area contributed by atoms with Crippen molar-refractivity contribution < 1.29 is 14.3 Å². The summed E-state index contributed by atoms with van der Waals surface area (Å²) in [6, 6.07) is 5.99. The molecule has 2 aliphatic rings. The summed E-state index contributed by atoms with van der Waals surface area (Å²) in [6.07, 6.45) is 11.7. The molecule has 1 fully saturated rings. The lowest BCUT2D eigenvalue weighted by Crippen LogP contribution is -2.28. The number of nitrogens with zero attached hydrogens (tertiary/aromatic N) is 4. The van der Waals surface area contributed by atoms with E-state index in [1.807, 2.05) is 40.0 Å². The van der Waals surface area contributed by atoms with Crippen LogP contribution in [0.15, 0.2) is 36.8 Å². The number of unbranched alkanes of at least 4 members (excludes halogenated alkanes) is 1. The maximum Gasteiger partial charge on any atom is 0.228 e. The van der Waals surface area contributed by atoms with E-state index >= 15 is 0 Å². The van der Waals surface area contributed by atoms with Gasteiger partial charge in [-0.05, 0) is 50.3 Å². The van der Waals surface area contributed by atoms with Crippen LogP contribution in [0.3, 0.4) is 0 Å². The molecular weight excluding hydrogens is 430 g/mol. The van der Waals surface area contributed by atoms with E-state index < -0.39 is 0 Å². The van der Waals surface area contributed by atoms with Crippen molar-refractivity contribution in [2.45, 2.75) is 51.9 Å². The Balaban J connectivity index is 1.28. The predicted molar refractivity (Wildman–Crippen MR) is 131 cm³/mol. The van der Waals surface area contributed by atoms with Crippen molar-refractivity contribution in [3.8, 4) is 11.1 Å². The quantitative estimate of drug-likeness (QED) is 0.457. The van der Waals surface area contributed by atoms with Crippen LogP contribution in [0, 0.1) is 5.92 Å². The highest BCUT2D eigenvalue weighted by atomic mass is 16.5. The molecule has 1 N–H and O–H groups in total. The zero-order valence-electron chi connectivity index (χ0n) is 19.6. The molecule has 3 aromatic rings. The molecule has 8 nitrogen and oxygen atoms in total. The van der Waals surface area contributed by atoms with Crippen LogP contribution < -0.4 is 10.2 Å². The third-order valence-corrected chi connectivity index (χ3v) is 6.37. The van der Waals surface area contributed by atoms with Gasteiger partial charge in [-0.15, -0.1) is 0 Å². The van der Waals surface area contributed by atoms with Crippen molar-refractivity contribution in [2.24, 2.45) is 5.92 Å². The first-order valence-electron chi connectivity index (χ1n) is 12.3. The lowest BCUT2D eigenvalue weighted by Gasteiger charge is -2.18. The van der Waals surface area contributed by atoms with E-state index in [1.165, 1.54) is 0 Å². The van der Waals surface area contributed by atoms with Crippen molar-refractivity contribution in [1.82, 2.24) is 14.4 Å². The summed E-state index contributed by atoms with van der Waals surface area (Å²) in [4.78, 5) is 35.9. The highest BCUT2D eigenvalue weighted by Crippen LogP contribution is 2.32. The molecule has 1 aliphatic heterocycles. The zero-order chi connectivity index (χ0) is 23.5. The van der Waals surface area contributed by atoms with Crippen LogP contribution in [0.2, 0.25) is 0 Å². The fourth-order valence-corrected chi connectivity index (χ4v) is 4.32. The van der Waals surface area contributed by atoms with Crippen LogP contribution in [-0.2, 0) is 20.7 Å². The van der Waals surface area contributed by atoms with Gasteiger partial charge in [0.2, 0.25) is 11.8 Å². The van der Waals surface area contributed by atoms with Gasteiger partial charge in [0.05, 0.1) is 17.6 Å². The van der Waals surface area contributed by atoms with Crippen molar-refractivity contribution in [1.29, 1.82) is 0 Å². The van der Waals surface area contributed by atoms with Gasteiger partial charge in [-0.2, -0.15) is 0 Å². The summed E-state index contributed by atoms with van der Waals surface area (Å²) in [7, 11) is 0. The van der Waals surface area contributed by atoms with Crippen LogP contribution >= 0.6 is 0 Å². The molecular formula is C26H31N5O3. The molecule has 3 aromatic heterocycles. The van der Waals surface area contributed by atoms with Gasteiger partial charge in [0.25, 0.3) is 0 Å². The fraction of sp³-hybridized carbons (Fsp3) is 0.462. The summed E-state index contributed by atoms with van der Waals surface area (Å²) in [5.74, 6) is 0.898. The maximum atomic E-state index is 12.9. The largest absolute Gasteiger partial charge is 0.381 e. The Kier molecular flexibility index (Phi) is 6.58. The molecule has 1 aliphatic carbocycles. The minimum absolute atomic E-state index is 0.0460. The van der Waals surface area contributed by atoms with E-state index in [0.29, 0.717) is 25.4 Å². The Morgan fingerprint density at radius 3 is 2.85 bits per heavy atom. The van der Waals surface area contributed by atoms with E-state index in [1.54, 1.807) is 0 Å². The number of nitrogens with one attached hydrogen (secondary N) is 1. The van der Waals surface area contributed by atoms with Crippen LogP contribution in [0.5, 0.6) is 0 Å². The molecule has 0 unspecified atom stereocenters. The van der Waals surface area contributed by atoms with Gasteiger partial charge in [-0.25, -0.2) is 4.98 Å². The van der Waals surface area contributed by atoms with Crippen molar-refractivity contribution >= 4 is 29.0 Å². The number of anilines is 2. The van der Waals surface area contributed by atoms with Crippen molar-refractivity contribution in [3.05, 3.63) is 42.5 Å². The molecule has 1 saturated carbocycles. The number of carbonyl (C=O) groups is 2. The first kappa shape index (κ1) is 22.5. The molecule has 0 bridgehead atoms. The molecule has 0 spiro atoms. The lowest BCUT2D eigenvalue weighted by atomic mass is 10.1. The lowest BCUT2D eigenvalue weighted by molar-refractivity contribution is -0.119. The Labute approximate surface area is 199 Å². The molecule has 0 saturated heterocycles. The Bertz CT molecular complexity index is 1200. The van der Waals surface area contributed by atoms with E-state index in [2.05, 4.69) is 28.3 Å². The number of fused-ring (bicyclic) bond motifs is 2. The van der Waals surface area contributed by atoms with Crippen LogP contribution in [0.25, 0.3) is 16.8 Å². The molecule has 0 radical (unpaired) electrons. The molecule has 0 atom stereocenters. The zero-order valence-corrected chi connectivity index (χ0v) is 19.6. The normalized spacial score (nSPS) is 15.0. The monoisotopic (exact) mass is 461 g/mol. The SMILES string of the molecule is CCCOCCCCC(=O)N1CCc2ncc(-c3ccc4nc(NC(=O)C5CC5)cn4c3)cc21. The van der Waals surface area contributed by atoms with E-state index in [9.17, 15) is 9.59 Å². The second-order valence-electron chi connectivity index (χ2n) is 9.13. The van der Waals surface area contributed by atoms with Gasteiger partial charge in [-0.3, -0.25) is 14.6 Å². The average molecular weight is 462 g/mol. The summed E-state index contributed by atoms with van der Waals surface area (Å²) in [5.41, 5.74) is 4.58. The number of ether oxygens (including phenoxy) is 1. The number of imidazole rings is 1. The van der Waals surface area contributed by atoms with Gasteiger partial charge < -0.3 is 19.4 Å². The third-order valence-electron chi connectivity index (χ3n) is 6.37. The average Bonchev–Trinajstić information content (AvgIpc) is 3.49. The highest BCUT2D eigenvalue weighted by Gasteiger charge is 2.30. The van der Waals surface area contributed by atoms with Gasteiger partial charge in [0.15, 0.2) is 5.82 Å². The van der Waals surface area contributed by atoms with E-state index in [4.69, 9.17) is 4.74 Å². The summed E-state index contributed by atoms with van der Waals surface area (Å²) in [5, 5.41) is 2.90. The summed E-state index contributed by atoms with van der Waals surface area (Å²) in [6.45, 7) is 4.27. The second-order valence-corrected chi connectivity index (χ2v) is 9.13. The molecule has 4 heterocycles. The summed E-state index contributed by atoms with van der Waals surface area (Å²) < 4.78 is 7.42. The van der Waals surface area contributed by atoms with Crippen LogP contribution in [0.1, 0.15) is 51.1 Å². The third kappa shape index (κ3) is 4.97. The van der Waals surface area contributed by atoms with Crippen molar-refractivity contribution in [2.75, 3.05) is 30.0 Å². The highest BCUT2D eigenvalue weighted by molar-refractivity contribution is 5.96. The van der Waals surface area contributed by atoms with Crippen LogP contribution in [0.4, 0.5) is 11.5 Å². The number of hydrogen-bond donors (Lipinski definition) is 1. The first-order chi connectivity index (χ1) is 16.6. The number of aromatic nitrogens is 3. The van der Waals surface area contributed by atoms with E-state index in [-0.39, 0.29) is 17.7 Å². The standard InChI is InChI=1S/C26H31N5O3/c1-2-12-34-13-4-3-5-25(32)31-11-10-21-22(31)14-20(15-27-21)19-8-9-24-28-23(17-30(24)16-19)29-26(33)18-6-7-18/h8-9,14-18H,2-7,10-13H2,1H3,(H,29,33). The molecule has 0 aromatic carbocycles. The number of hydrogen-bond acceptors (Lipinski definition) is 5. The fourth-order valence-electron chi connectivity index (χ4n) is 4.32. The number of rotatable bonds is 10. The Morgan fingerprint density at radius 1 is 1.15 bits per heavy atom. The van der Waals surface area contributed by atoms with Gasteiger partial charge in [-0.1, -0.05) is 6.92 Å². The minimum atomic E-state index is 0.0460. The maximum absolute atomic E-state index is 12.9. The van der Waals surface area contributed by atoms with E-state index in [0.717, 1.165) is 73.3 Å². The van der Waals surface area contributed by atoms with Crippen LogP contribution in [-0.4, -0.2) is 45.9 Å². The molecule has 178 valence electrons. The number of carbonyl (C=O) groups excluding carboxylic acids is 2. The second kappa shape index (κ2) is 9.93. The van der Waals surface area contributed by atoms with Crippen molar-refractivity contribution in [3.63, 3.8) is 0 Å². The van der Waals surface area contributed by atoms with Gasteiger partial charge in [0.1, 0.15) is 5.65 Å². The van der Waals surface area contributed by atoms with Gasteiger partial charge >= 0.3 is 0 Å². The number of pyridine rings is 2. The predicted octanol–water partition coefficient (Wildman–Crippen LogP) is 4.23. The smallest absolute Gasteiger partial charge is 0.228 e. The molecule has 34 heavy (non-hydrogen) atoms. The molecule has 5 rings (SSSR count). The summed E-state index contributed by atoms with van der Waals surface area (Å²) >= 11 is 0. The topological polar surface area (TPSA) is 88.8 Å². The number of amides is 2. The molecule has 2 amide bonds.